The molecule has 0 saturated heterocycles. The summed E-state index contributed by atoms with van der Waals surface area (Å²) in [5, 5.41) is 5.87. The second kappa shape index (κ2) is 7.87. The maximum absolute atomic E-state index is 12.1. The summed E-state index contributed by atoms with van der Waals surface area (Å²) >= 11 is 0. The van der Waals surface area contributed by atoms with E-state index in [2.05, 4.69) is 25.6 Å². The van der Waals surface area contributed by atoms with E-state index in [1.165, 1.54) is 12.4 Å². The van der Waals surface area contributed by atoms with Crippen LogP contribution in [0.5, 0.6) is 5.75 Å². The highest BCUT2D eigenvalue weighted by molar-refractivity contribution is 5.91. The van der Waals surface area contributed by atoms with Gasteiger partial charge in [-0.3, -0.25) is 9.78 Å². The van der Waals surface area contributed by atoms with Crippen LogP contribution >= 0.6 is 0 Å². The molecule has 0 unspecified atom stereocenters. The zero-order chi connectivity index (χ0) is 17.5. The molecule has 3 aromatic rings. The number of pyridine rings is 1. The number of methoxy groups -OCH3 is 1. The van der Waals surface area contributed by atoms with Crippen LogP contribution in [0.15, 0.2) is 61.1 Å². The van der Waals surface area contributed by atoms with Crippen molar-refractivity contribution in [1.29, 1.82) is 0 Å². The van der Waals surface area contributed by atoms with Crippen LogP contribution < -0.4 is 15.4 Å². The fraction of sp³-hybridized carbons (Fsp3) is 0.111. The number of amides is 1. The molecule has 126 valence electrons. The van der Waals surface area contributed by atoms with Crippen LogP contribution in [0.3, 0.4) is 0 Å². The van der Waals surface area contributed by atoms with Crippen molar-refractivity contribution in [2.45, 2.75) is 6.54 Å². The standard InChI is InChI=1S/C18H17N5O2/c1-25-15-7-4-6-13(9-15)23-17-12-20-16(11-21-17)18(24)22-10-14-5-2-3-8-19-14/h2-9,11-12H,10H2,1H3,(H,21,23)(H,22,24). The summed E-state index contributed by atoms with van der Waals surface area (Å²) in [6.07, 6.45) is 4.62. The van der Waals surface area contributed by atoms with Gasteiger partial charge in [0.2, 0.25) is 0 Å². The quantitative estimate of drug-likeness (QED) is 0.720. The fourth-order valence-electron chi connectivity index (χ4n) is 2.12. The molecule has 1 aromatic carbocycles. The number of hydrogen-bond acceptors (Lipinski definition) is 6. The van der Waals surface area contributed by atoms with Crippen molar-refractivity contribution in [1.82, 2.24) is 20.3 Å². The maximum Gasteiger partial charge on any atom is 0.271 e. The number of nitrogens with one attached hydrogen (secondary N) is 2. The Morgan fingerprint density at radius 3 is 2.72 bits per heavy atom. The van der Waals surface area contributed by atoms with Crippen LogP contribution in [-0.4, -0.2) is 28.0 Å². The van der Waals surface area contributed by atoms with Crippen molar-refractivity contribution in [2.75, 3.05) is 12.4 Å². The summed E-state index contributed by atoms with van der Waals surface area (Å²) in [5.41, 5.74) is 1.84. The molecule has 7 heteroatoms. The van der Waals surface area contributed by atoms with Crippen molar-refractivity contribution in [2.24, 2.45) is 0 Å². The Hall–Kier alpha value is -3.48. The smallest absolute Gasteiger partial charge is 0.271 e. The molecule has 2 heterocycles. The van der Waals surface area contributed by atoms with Gasteiger partial charge in [-0.05, 0) is 24.3 Å². The number of carbonyl (C=O) groups is 1. The molecule has 0 aliphatic carbocycles. The van der Waals surface area contributed by atoms with Crippen molar-refractivity contribution < 1.29 is 9.53 Å². The highest BCUT2D eigenvalue weighted by Gasteiger charge is 2.08. The van der Waals surface area contributed by atoms with Gasteiger partial charge < -0.3 is 15.4 Å². The number of ether oxygens (including phenoxy) is 1. The minimum atomic E-state index is -0.300. The molecule has 0 radical (unpaired) electrons. The molecule has 2 aromatic heterocycles. The second-order valence-corrected chi connectivity index (χ2v) is 5.15. The van der Waals surface area contributed by atoms with Gasteiger partial charge in [0.25, 0.3) is 5.91 Å². The minimum Gasteiger partial charge on any atom is -0.497 e. The lowest BCUT2D eigenvalue weighted by atomic mass is 10.3. The Kier molecular flexibility index (Phi) is 5.16. The topological polar surface area (TPSA) is 89.0 Å². The number of rotatable bonds is 6. The highest BCUT2D eigenvalue weighted by Crippen LogP contribution is 2.19. The summed E-state index contributed by atoms with van der Waals surface area (Å²) < 4.78 is 5.17. The summed E-state index contributed by atoms with van der Waals surface area (Å²) in [4.78, 5) is 24.6. The van der Waals surface area contributed by atoms with E-state index >= 15 is 0 Å². The summed E-state index contributed by atoms with van der Waals surface area (Å²) in [6.45, 7) is 0.338. The third kappa shape index (κ3) is 4.51. The van der Waals surface area contributed by atoms with Crippen LogP contribution in [0.1, 0.15) is 16.2 Å². The molecule has 1 amide bonds. The number of carbonyl (C=O) groups excluding carboxylic acids is 1. The predicted molar refractivity (Wildman–Crippen MR) is 93.7 cm³/mol. The lowest BCUT2D eigenvalue weighted by Gasteiger charge is -2.08. The molecule has 25 heavy (non-hydrogen) atoms. The molecule has 0 spiro atoms. The zero-order valence-electron chi connectivity index (χ0n) is 13.6. The largest absolute Gasteiger partial charge is 0.497 e. The van der Waals surface area contributed by atoms with Gasteiger partial charge in [-0.25, -0.2) is 9.97 Å². The number of aromatic nitrogens is 3. The number of hydrogen-bond donors (Lipinski definition) is 2. The Morgan fingerprint density at radius 1 is 1.08 bits per heavy atom. The molecule has 3 rings (SSSR count). The van der Waals surface area contributed by atoms with Gasteiger partial charge in [0.05, 0.1) is 31.7 Å². The third-order valence-corrected chi connectivity index (χ3v) is 3.38. The average Bonchev–Trinajstić information content (AvgIpc) is 2.67. The Bertz CT molecular complexity index is 838. The van der Waals surface area contributed by atoms with E-state index in [0.29, 0.717) is 12.4 Å². The van der Waals surface area contributed by atoms with E-state index in [-0.39, 0.29) is 11.6 Å². The molecule has 0 saturated carbocycles. The van der Waals surface area contributed by atoms with Crippen LogP contribution in [0.4, 0.5) is 11.5 Å². The lowest BCUT2D eigenvalue weighted by Crippen LogP contribution is -2.24. The first-order valence-corrected chi connectivity index (χ1v) is 7.66. The number of nitrogens with zero attached hydrogens (tertiary/aromatic N) is 3. The van der Waals surface area contributed by atoms with Crippen molar-refractivity contribution in [3.8, 4) is 5.75 Å². The molecule has 0 aliphatic rings. The lowest BCUT2D eigenvalue weighted by molar-refractivity contribution is 0.0945. The van der Waals surface area contributed by atoms with E-state index in [9.17, 15) is 4.79 Å². The normalized spacial score (nSPS) is 10.1. The predicted octanol–water partition coefficient (Wildman–Crippen LogP) is 2.55. The highest BCUT2D eigenvalue weighted by atomic mass is 16.5. The first-order valence-electron chi connectivity index (χ1n) is 7.66. The molecule has 7 nitrogen and oxygen atoms in total. The van der Waals surface area contributed by atoms with Gasteiger partial charge in [0.1, 0.15) is 17.3 Å². The van der Waals surface area contributed by atoms with E-state index in [1.54, 1.807) is 13.3 Å². The van der Waals surface area contributed by atoms with Crippen LogP contribution in [0, 0.1) is 0 Å². The van der Waals surface area contributed by atoms with Crippen LogP contribution in [0.2, 0.25) is 0 Å². The molecule has 0 aliphatic heterocycles. The Morgan fingerprint density at radius 2 is 2.00 bits per heavy atom. The summed E-state index contributed by atoms with van der Waals surface area (Å²) in [5.74, 6) is 0.976. The Balaban J connectivity index is 1.60. The van der Waals surface area contributed by atoms with Crippen LogP contribution in [0.25, 0.3) is 0 Å². The van der Waals surface area contributed by atoms with Crippen molar-refractivity contribution in [3.05, 3.63) is 72.4 Å². The first-order chi connectivity index (χ1) is 12.2. The summed E-state index contributed by atoms with van der Waals surface area (Å²) in [6, 6.07) is 13.0. The van der Waals surface area contributed by atoms with E-state index in [4.69, 9.17) is 4.74 Å². The molecule has 0 fully saturated rings. The van der Waals surface area contributed by atoms with Gasteiger partial charge in [-0.15, -0.1) is 0 Å². The maximum atomic E-state index is 12.1. The average molecular weight is 335 g/mol. The van der Waals surface area contributed by atoms with E-state index in [0.717, 1.165) is 17.1 Å². The minimum absolute atomic E-state index is 0.243. The molecular formula is C18H17N5O2. The van der Waals surface area contributed by atoms with Crippen molar-refractivity contribution >= 4 is 17.4 Å². The molecular weight excluding hydrogens is 318 g/mol. The molecule has 0 atom stereocenters. The number of benzene rings is 1. The fourth-order valence-corrected chi connectivity index (χ4v) is 2.12. The van der Waals surface area contributed by atoms with E-state index < -0.39 is 0 Å². The van der Waals surface area contributed by atoms with Gasteiger partial charge in [0, 0.05) is 18.0 Å². The Labute approximate surface area is 145 Å². The van der Waals surface area contributed by atoms with Gasteiger partial charge >= 0.3 is 0 Å². The van der Waals surface area contributed by atoms with Crippen LogP contribution in [-0.2, 0) is 6.54 Å². The van der Waals surface area contributed by atoms with Gasteiger partial charge in [-0.1, -0.05) is 12.1 Å². The molecule has 0 bridgehead atoms. The second-order valence-electron chi connectivity index (χ2n) is 5.15. The molecule has 2 N–H and O–H groups in total. The SMILES string of the molecule is COc1cccc(Nc2cnc(C(=O)NCc3ccccn3)cn2)c1. The monoisotopic (exact) mass is 335 g/mol. The first kappa shape index (κ1) is 16.4. The summed E-state index contributed by atoms with van der Waals surface area (Å²) in [7, 11) is 1.61. The third-order valence-electron chi connectivity index (χ3n) is 3.38. The number of anilines is 2. The zero-order valence-corrected chi connectivity index (χ0v) is 13.6. The van der Waals surface area contributed by atoms with Gasteiger partial charge in [0.15, 0.2) is 0 Å². The van der Waals surface area contributed by atoms with Gasteiger partial charge in [-0.2, -0.15) is 0 Å². The van der Waals surface area contributed by atoms with E-state index in [1.807, 2.05) is 42.5 Å². The van der Waals surface area contributed by atoms with Crippen molar-refractivity contribution in [3.63, 3.8) is 0 Å².